The quantitative estimate of drug-likeness (QED) is 0.661. The van der Waals surface area contributed by atoms with Crippen molar-refractivity contribution in [1.82, 2.24) is 4.90 Å². The van der Waals surface area contributed by atoms with Crippen LogP contribution in [0.5, 0.6) is 0 Å². The van der Waals surface area contributed by atoms with Crippen LogP contribution in [0, 0.1) is 5.92 Å². The van der Waals surface area contributed by atoms with E-state index in [0.717, 1.165) is 0 Å². The normalized spacial score (nSPS) is 20.7. The number of hydrogen-bond acceptors (Lipinski definition) is 3. The summed E-state index contributed by atoms with van der Waals surface area (Å²) in [6, 6.07) is 0. The molecular formula is C9H13NO5. The number of aliphatic carboxylic acids is 2. The second-order valence-electron chi connectivity index (χ2n) is 3.58. The molecule has 0 aromatic rings. The van der Waals surface area contributed by atoms with Gasteiger partial charge in [0.15, 0.2) is 0 Å². The number of carbonyl (C=O) groups excluding carboxylic acids is 1. The zero-order valence-corrected chi connectivity index (χ0v) is 8.18. The summed E-state index contributed by atoms with van der Waals surface area (Å²) >= 11 is 0. The summed E-state index contributed by atoms with van der Waals surface area (Å²) in [5.41, 5.74) is 0. The summed E-state index contributed by atoms with van der Waals surface area (Å²) in [6.45, 7) is 0.530. The zero-order valence-electron chi connectivity index (χ0n) is 8.18. The largest absolute Gasteiger partial charge is 0.481 e. The molecule has 84 valence electrons. The fourth-order valence-electron chi connectivity index (χ4n) is 1.57. The fourth-order valence-corrected chi connectivity index (χ4v) is 1.57. The lowest BCUT2D eigenvalue weighted by Crippen LogP contribution is -2.27. The molecule has 1 aliphatic rings. The number of carboxylic acids is 2. The van der Waals surface area contributed by atoms with E-state index >= 15 is 0 Å². The van der Waals surface area contributed by atoms with Crippen LogP contribution in [-0.2, 0) is 14.4 Å². The molecule has 1 amide bonds. The van der Waals surface area contributed by atoms with Gasteiger partial charge >= 0.3 is 11.9 Å². The van der Waals surface area contributed by atoms with Gasteiger partial charge in [-0.25, -0.2) is 0 Å². The number of hydrogen-bond donors (Lipinski definition) is 2. The molecule has 0 unspecified atom stereocenters. The molecular weight excluding hydrogens is 202 g/mol. The summed E-state index contributed by atoms with van der Waals surface area (Å²) < 4.78 is 0. The monoisotopic (exact) mass is 215 g/mol. The van der Waals surface area contributed by atoms with Crippen molar-refractivity contribution in [1.29, 1.82) is 0 Å². The average molecular weight is 215 g/mol. The van der Waals surface area contributed by atoms with Crippen LogP contribution < -0.4 is 0 Å². The topological polar surface area (TPSA) is 94.9 Å². The van der Waals surface area contributed by atoms with Crippen molar-refractivity contribution >= 4 is 17.8 Å². The molecule has 1 saturated heterocycles. The Hall–Kier alpha value is -1.59. The lowest BCUT2D eigenvalue weighted by atomic mass is 10.1. The number of nitrogens with zero attached hydrogens (tertiary/aromatic N) is 1. The fraction of sp³-hybridized carbons (Fsp3) is 0.667. The van der Waals surface area contributed by atoms with E-state index in [2.05, 4.69) is 0 Å². The van der Waals surface area contributed by atoms with E-state index in [1.54, 1.807) is 0 Å². The van der Waals surface area contributed by atoms with Gasteiger partial charge in [-0.05, 0) is 6.42 Å². The summed E-state index contributed by atoms with van der Waals surface area (Å²) in [5.74, 6) is -2.71. The minimum Gasteiger partial charge on any atom is -0.481 e. The van der Waals surface area contributed by atoms with Crippen LogP contribution >= 0.6 is 0 Å². The van der Waals surface area contributed by atoms with E-state index in [1.165, 1.54) is 4.90 Å². The summed E-state index contributed by atoms with van der Waals surface area (Å²) in [5, 5.41) is 17.1. The molecule has 15 heavy (non-hydrogen) atoms. The van der Waals surface area contributed by atoms with Gasteiger partial charge in [-0.3, -0.25) is 14.4 Å². The first-order chi connectivity index (χ1) is 7.00. The Morgan fingerprint density at radius 1 is 1.40 bits per heavy atom. The van der Waals surface area contributed by atoms with Crippen molar-refractivity contribution in [3.8, 4) is 0 Å². The number of rotatable bonds is 5. The predicted octanol–water partition coefficient (Wildman–Crippen LogP) is -0.216. The maximum absolute atomic E-state index is 11.3. The Morgan fingerprint density at radius 2 is 2.07 bits per heavy atom. The lowest BCUT2D eigenvalue weighted by molar-refractivity contribution is -0.141. The predicted molar refractivity (Wildman–Crippen MR) is 49.2 cm³/mol. The Bertz CT molecular complexity index is 288. The maximum Gasteiger partial charge on any atom is 0.308 e. The van der Waals surface area contributed by atoms with Crippen LogP contribution in [0.4, 0.5) is 0 Å². The Morgan fingerprint density at radius 3 is 2.53 bits per heavy atom. The first kappa shape index (κ1) is 11.5. The summed E-state index contributed by atoms with van der Waals surface area (Å²) in [6.07, 6.45) is 0.400. The minimum atomic E-state index is -0.968. The van der Waals surface area contributed by atoms with Crippen LogP contribution in [0.25, 0.3) is 0 Å². The van der Waals surface area contributed by atoms with E-state index in [-0.39, 0.29) is 25.3 Å². The SMILES string of the molecule is O=C(O)CCCN1C[C@@H](C(=O)O)CC1=O. The number of amides is 1. The van der Waals surface area contributed by atoms with Gasteiger partial charge in [0.2, 0.25) is 5.91 Å². The molecule has 0 saturated carbocycles. The highest BCUT2D eigenvalue weighted by atomic mass is 16.4. The minimum absolute atomic E-state index is 0.00151. The van der Waals surface area contributed by atoms with Crippen LogP contribution in [-0.4, -0.2) is 46.0 Å². The molecule has 2 N–H and O–H groups in total. The van der Waals surface area contributed by atoms with Gasteiger partial charge < -0.3 is 15.1 Å². The molecule has 1 atom stereocenters. The first-order valence-electron chi connectivity index (χ1n) is 4.73. The molecule has 0 aromatic heterocycles. The molecule has 6 heteroatoms. The standard InChI is InChI=1S/C9H13NO5/c11-7-4-6(9(14)15)5-10(7)3-1-2-8(12)13/h6H,1-5H2,(H,12,13)(H,14,15)/t6-/m0/s1. The number of likely N-dealkylation sites (tertiary alicyclic amines) is 1. The molecule has 0 radical (unpaired) electrons. The highest BCUT2D eigenvalue weighted by molar-refractivity contribution is 5.86. The van der Waals surface area contributed by atoms with Gasteiger partial charge in [-0.2, -0.15) is 0 Å². The van der Waals surface area contributed by atoms with Crippen molar-refractivity contribution in [2.45, 2.75) is 19.3 Å². The zero-order chi connectivity index (χ0) is 11.4. The van der Waals surface area contributed by atoms with Crippen LogP contribution in [0.1, 0.15) is 19.3 Å². The number of carbonyl (C=O) groups is 3. The molecule has 0 bridgehead atoms. The molecule has 1 heterocycles. The lowest BCUT2D eigenvalue weighted by Gasteiger charge is -2.14. The number of carboxylic acid groups (broad SMARTS) is 2. The van der Waals surface area contributed by atoms with E-state index in [9.17, 15) is 14.4 Å². The molecule has 0 aliphatic carbocycles. The second-order valence-corrected chi connectivity index (χ2v) is 3.58. The summed E-state index contributed by atoms with van der Waals surface area (Å²) in [4.78, 5) is 33.5. The highest BCUT2D eigenvalue weighted by Gasteiger charge is 2.33. The van der Waals surface area contributed by atoms with Crippen molar-refractivity contribution in [2.24, 2.45) is 5.92 Å². The van der Waals surface area contributed by atoms with Crippen molar-refractivity contribution in [2.75, 3.05) is 13.1 Å². The van der Waals surface area contributed by atoms with Gasteiger partial charge in [0.25, 0.3) is 0 Å². The smallest absolute Gasteiger partial charge is 0.308 e. The van der Waals surface area contributed by atoms with Crippen molar-refractivity contribution in [3.05, 3.63) is 0 Å². The van der Waals surface area contributed by atoms with E-state index in [4.69, 9.17) is 10.2 Å². The van der Waals surface area contributed by atoms with Crippen LogP contribution in [0.3, 0.4) is 0 Å². The Balaban J connectivity index is 2.34. The third-order valence-electron chi connectivity index (χ3n) is 2.38. The molecule has 1 rings (SSSR count). The maximum atomic E-state index is 11.3. The molecule has 1 fully saturated rings. The Kier molecular flexibility index (Phi) is 3.65. The molecule has 0 spiro atoms. The van der Waals surface area contributed by atoms with Crippen LogP contribution in [0.15, 0.2) is 0 Å². The third-order valence-corrected chi connectivity index (χ3v) is 2.38. The van der Waals surface area contributed by atoms with E-state index in [0.29, 0.717) is 13.0 Å². The summed E-state index contributed by atoms with van der Waals surface area (Å²) in [7, 11) is 0. The van der Waals surface area contributed by atoms with Gasteiger partial charge in [0.05, 0.1) is 5.92 Å². The van der Waals surface area contributed by atoms with E-state index < -0.39 is 17.9 Å². The van der Waals surface area contributed by atoms with Crippen molar-refractivity contribution < 1.29 is 24.6 Å². The van der Waals surface area contributed by atoms with Gasteiger partial charge in [-0.15, -0.1) is 0 Å². The molecule has 0 aromatic carbocycles. The van der Waals surface area contributed by atoms with Gasteiger partial charge in [-0.1, -0.05) is 0 Å². The van der Waals surface area contributed by atoms with Crippen molar-refractivity contribution in [3.63, 3.8) is 0 Å². The molecule has 6 nitrogen and oxygen atoms in total. The average Bonchev–Trinajstić information content (AvgIpc) is 2.47. The first-order valence-corrected chi connectivity index (χ1v) is 4.73. The molecule has 1 aliphatic heterocycles. The Labute approximate surface area is 86.5 Å². The van der Waals surface area contributed by atoms with Crippen LogP contribution in [0.2, 0.25) is 0 Å². The van der Waals surface area contributed by atoms with E-state index in [1.807, 2.05) is 0 Å². The van der Waals surface area contributed by atoms with Gasteiger partial charge in [0, 0.05) is 25.9 Å². The highest BCUT2D eigenvalue weighted by Crippen LogP contribution is 2.18. The van der Waals surface area contributed by atoms with Gasteiger partial charge in [0.1, 0.15) is 0 Å². The second kappa shape index (κ2) is 4.77. The third kappa shape index (κ3) is 3.23.